The van der Waals surface area contributed by atoms with E-state index in [2.05, 4.69) is 4.98 Å². The van der Waals surface area contributed by atoms with E-state index in [0.29, 0.717) is 24.5 Å². The third-order valence-corrected chi connectivity index (χ3v) is 7.49. The molecule has 0 saturated carbocycles. The van der Waals surface area contributed by atoms with Gasteiger partial charge in [0.25, 0.3) is 0 Å². The van der Waals surface area contributed by atoms with Gasteiger partial charge >= 0.3 is 0 Å². The first kappa shape index (κ1) is 21.8. The highest BCUT2D eigenvalue weighted by Gasteiger charge is 2.47. The maximum atomic E-state index is 13.4. The lowest BCUT2D eigenvalue weighted by atomic mass is 9.86. The summed E-state index contributed by atoms with van der Waals surface area (Å²) in [6.45, 7) is 0.654. The Bertz CT molecular complexity index is 1550. The zero-order valence-electron chi connectivity index (χ0n) is 20.3. The number of para-hydroxylation sites is 1. The van der Waals surface area contributed by atoms with Crippen molar-refractivity contribution in [2.45, 2.75) is 25.1 Å². The molecule has 2 atom stereocenters. The molecule has 1 unspecified atom stereocenters. The van der Waals surface area contributed by atoms with Crippen LogP contribution in [0.2, 0.25) is 0 Å². The number of nitrogens with one attached hydrogen (secondary N) is 1. The summed E-state index contributed by atoms with van der Waals surface area (Å²) in [6, 6.07) is 20.6. The Kier molecular flexibility index (Phi) is 4.89. The number of carbonyl (C=O) groups excluding carboxylic acids is 2. The van der Waals surface area contributed by atoms with E-state index in [0.717, 1.165) is 39.0 Å². The lowest BCUT2D eigenvalue weighted by Gasteiger charge is -2.46. The molecule has 1 saturated heterocycles. The Labute approximate surface area is 213 Å². The minimum Gasteiger partial charge on any atom is -0.487 e. The van der Waals surface area contributed by atoms with Gasteiger partial charge in [0.1, 0.15) is 18.4 Å². The molecule has 8 nitrogen and oxygen atoms in total. The zero-order valence-corrected chi connectivity index (χ0v) is 20.3. The van der Waals surface area contributed by atoms with Crippen molar-refractivity contribution in [3.8, 4) is 17.2 Å². The molecule has 1 fully saturated rings. The van der Waals surface area contributed by atoms with Crippen molar-refractivity contribution in [3.05, 3.63) is 89.1 Å². The molecule has 2 amide bonds. The van der Waals surface area contributed by atoms with Crippen LogP contribution in [0.5, 0.6) is 17.2 Å². The van der Waals surface area contributed by atoms with Gasteiger partial charge in [-0.1, -0.05) is 48.5 Å². The van der Waals surface area contributed by atoms with Crippen molar-refractivity contribution in [2.24, 2.45) is 0 Å². The molecule has 3 aliphatic rings. The average Bonchev–Trinajstić information content (AvgIpc) is 3.54. The Balaban J connectivity index is 1.37. The molecule has 4 heterocycles. The second kappa shape index (κ2) is 8.30. The van der Waals surface area contributed by atoms with E-state index in [9.17, 15) is 9.59 Å². The van der Waals surface area contributed by atoms with Crippen LogP contribution in [0.1, 0.15) is 28.4 Å². The summed E-state index contributed by atoms with van der Waals surface area (Å²) in [5, 5.41) is 0.999. The topological polar surface area (TPSA) is 84.1 Å². The highest BCUT2D eigenvalue weighted by Crippen LogP contribution is 2.46. The van der Waals surface area contributed by atoms with Crippen LogP contribution in [0.3, 0.4) is 0 Å². The highest BCUT2D eigenvalue weighted by molar-refractivity contribution is 5.98. The fourth-order valence-electron chi connectivity index (χ4n) is 5.74. The Morgan fingerprint density at radius 3 is 2.70 bits per heavy atom. The molecule has 3 aliphatic heterocycles. The monoisotopic (exact) mass is 495 g/mol. The lowest BCUT2D eigenvalue weighted by molar-refractivity contribution is -0.157. The number of carbonyl (C=O) groups is 2. The fourth-order valence-corrected chi connectivity index (χ4v) is 5.74. The third-order valence-electron chi connectivity index (χ3n) is 7.49. The van der Waals surface area contributed by atoms with E-state index < -0.39 is 12.1 Å². The average molecular weight is 496 g/mol. The second-order valence-electron chi connectivity index (χ2n) is 9.70. The molecule has 0 bridgehead atoms. The number of rotatable bonds is 4. The number of likely N-dealkylation sites (N-methyl/N-ethyl adjacent to an activating group) is 1. The van der Waals surface area contributed by atoms with Crippen LogP contribution in [0, 0.1) is 0 Å². The lowest BCUT2D eigenvalue weighted by Crippen LogP contribution is -2.62. The number of piperazine rings is 1. The third kappa shape index (κ3) is 3.43. The molecule has 186 valence electrons. The van der Waals surface area contributed by atoms with Gasteiger partial charge in [-0.3, -0.25) is 9.59 Å². The Morgan fingerprint density at radius 1 is 1.00 bits per heavy atom. The molecular weight excluding hydrogens is 470 g/mol. The largest absolute Gasteiger partial charge is 0.487 e. The Morgan fingerprint density at radius 2 is 1.84 bits per heavy atom. The molecule has 0 radical (unpaired) electrons. The Hall–Kier alpha value is -4.46. The van der Waals surface area contributed by atoms with Gasteiger partial charge in [0.15, 0.2) is 11.5 Å². The van der Waals surface area contributed by atoms with Gasteiger partial charge < -0.3 is 29.0 Å². The first-order valence-corrected chi connectivity index (χ1v) is 12.3. The quantitative estimate of drug-likeness (QED) is 0.466. The van der Waals surface area contributed by atoms with Crippen LogP contribution >= 0.6 is 0 Å². The van der Waals surface area contributed by atoms with Crippen molar-refractivity contribution < 1.29 is 23.8 Å². The van der Waals surface area contributed by atoms with E-state index in [1.165, 1.54) is 4.90 Å². The number of nitrogens with zero attached hydrogens (tertiary/aromatic N) is 2. The first-order valence-electron chi connectivity index (χ1n) is 12.3. The van der Waals surface area contributed by atoms with E-state index in [1.54, 1.807) is 11.9 Å². The van der Waals surface area contributed by atoms with Gasteiger partial charge in [0, 0.05) is 24.5 Å². The summed E-state index contributed by atoms with van der Waals surface area (Å²) in [4.78, 5) is 33.6. The molecule has 8 heteroatoms. The number of aromatic nitrogens is 1. The zero-order chi connectivity index (χ0) is 25.1. The summed E-state index contributed by atoms with van der Waals surface area (Å²) in [5.41, 5.74) is 4.72. The molecule has 0 aliphatic carbocycles. The van der Waals surface area contributed by atoms with Crippen molar-refractivity contribution in [1.82, 2.24) is 14.8 Å². The summed E-state index contributed by atoms with van der Waals surface area (Å²) < 4.78 is 17.4. The number of ether oxygens (including phenoxy) is 3. The van der Waals surface area contributed by atoms with Crippen molar-refractivity contribution in [1.29, 1.82) is 0 Å². The normalized spacial score (nSPS) is 20.2. The van der Waals surface area contributed by atoms with E-state index >= 15 is 0 Å². The molecule has 1 aromatic heterocycles. The molecule has 3 aromatic carbocycles. The number of amides is 2. The van der Waals surface area contributed by atoms with Crippen molar-refractivity contribution >= 4 is 22.7 Å². The number of fused-ring (bicyclic) bond motifs is 5. The number of hydrogen-bond acceptors (Lipinski definition) is 5. The van der Waals surface area contributed by atoms with Crippen LogP contribution in [0.4, 0.5) is 0 Å². The van der Waals surface area contributed by atoms with Gasteiger partial charge in [-0.2, -0.15) is 0 Å². The summed E-state index contributed by atoms with van der Waals surface area (Å²) in [5.74, 6) is 1.90. The van der Waals surface area contributed by atoms with Crippen molar-refractivity contribution in [3.63, 3.8) is 0 Å². The summed E-state index contributed by atoms with van der Waals surface area (Å²) >= 11 is 0. The van der Waals surface area contributed by atoms with Gasteiger partial charge in [0.05, 0.1) is 18.1 Å². The highest BCUT2D eigenvalue weighted by atomic mass is 16.7. The molecule has 1 N–H and O–H groups in total. The summed E-state index contributed by atoms with van der Waals surface area (Å²) in [6.07, 6.45) is 0.438. The van der Waals surface area contributed by atoms with Crippen LogP contribution in [0.25, 0.3) is 10.9 Å². The molecule has 0 spiro atoms. The molecular formula is C29H25N3O5. The van der Waals surface area contributed by atoms with Gasteiger partial charge in [0.2, 0.25) is 18.6 Å². The fraction of sp³-hybridized carbons (Fsp3) is 0.241. The number of H-pyrrole nitrogens is 1. The minimum atomic E-state index is -0.581. The maximum Gasteiger partial charge on any atom is 0.245 e. The SMILES string of the molecule is CN1CC(=O)N2C(Cc3c([nH]c4c(OCc5ccccc5)cccc34)[C@H]2c2ccc3c(c2)OCO3)C1=O. The predicted molar refractivity (Wildman–Crippen MR) is 135 cm³/mol. The molecule has 37 heavy (non-hydrogen) atoms. The van der Waals surface area contributed by atoms with Crippen LogP contribution in [-0.4, -0.2) is 53.0 Å². The summed E-state index contributed by atoms with van der Waals surface area (Å²) in [7, 11) is 1.69. The number of benzene rings is 3. The standard InChI is InChI=1S/C29H25N3O5/c1-31-14-25(33)32-21(29(31)34)13-20-19-8-5-9-23(35-15-17-6-3-2-4-7-17)26(19)30-27(20)28(32)18-10-11-22-24(12-18)37-16-36-22/h2-12,21,28,30H,13-16H2,1H3/t21?,28-/m1/s1. The van der Waals surface area contributed by atoms with Gasteiger partial charge in [-0.05, 0) is 34.9 Å². The predicted octanol–water partition coefficient (Wildman–Crippen LogP) is 3.79. The molecule has 4 aromatic rings. The van der Waals surface area contributed by atoms with Crippen LogP contribution < -0.4 is 14.2 Å². The minimum absolute atomic E-state index is 0.0530. The van der Waals surface area contributed by atoms with E-state index in [-0.39, 0.29) is 25.2 Å². The number of aromatic amines is 1. The van der Waals surface area contributed by atoms with Gasteiger partial charge in [-0.15, -0.1) is 0 Å². The van der Waals surface area contributed by atoms with Crippen LogP contribution in [0.15, 0.2) is 66.7 Å². The maximum absolute atomic E-state index is 13.4. The first-order chi connectivity index (χ1) is 18.1. The second-order valence-corrected chi connectivity index (χ2v) is 9.70. The molecule has 7 rings (SSSR count). The van der Waals surface area contributed by atoms with Crippen LogP contribution in [-0.2, 0) is 22.6 Å². The van der Waals surface area contributed by atoms with Crippen molar-refractivity contribution in [2.75, 3.05) is 20.4 Å². The smallest absolute Gasteiger partial charge is 0.245 e. The van der Waals surface area contributed by atoms with E-state index in [4.69, 9.17) is 14.2 Å². The number of hydrogen-bond donors (Lipinski definition) is 1. The van der Waals surface area contributed by atoms with Gasteiger partial charge in [-0.25, -0.2) is 0 Å². The van der Waals surface area contributed by atoms with E-state index in [1.807, 2.05) is 66.7 Å².